The SMILES string of the molecule is CCCOc1cc(CN)cc2ccccc12. The van der Waals surface area contributed by atoms with Crippen LogP contribution in [0.4, 0.5) is 0 Å². The quantitative estimate of drug-likeness (QED) is 0.850. The molecule has 2 rings (SSSR count). The van der Waals surface area contributed by atoms with Crippen LogP contribution in [-0.4, -0.2) is 6.61 Å². The molecular weight excluding hydrogens is 198 g/mol. The standard InChI is InChI=1S/C14H17NO/c1-2-7-16-14-9-11(10-15)8-12-5-3-4-6-13(12)14/h3-6,8-9H,2,7,10,15H2,1H3. The van der Waals surface area contributed by atoms with E-state index in [1.165, 1.54) is 5.39 Å². The molecule has 0 saturated heterocycles. The minimum absolute atomic E-state index is 0.549. The fourth-order valence-electron chi connectivity index (χ4n) is 1.78. The topological polar surface area (TPSA) is 35.2 Å². The highest BCUT2D eigenvalue weighted by Crippen LogP contribution is 2.27. The van der Waals surface area contributed by atoms with Gasteiger partial charge in [0, 0.05) is 11.9 Å². The van der Waals surface area contributed by atoms with Crippen molar-refractivity contribution in [2.45, 2.75) is 19.9 Å². The summed E-state index contributed by atoms with van der Waals surface area (Å²) in [5.74, 6) is 0.945. The van der Waals surface area contributed by atoms with E-state index in [1.54, 1.807) is 0 Å². The fraction of sp³-hybridized carbons (Fsp3) is 0.286. The average molecular weight is 215 g/mol. The van der Waals surface area contributed by atoms with Gasteiger partial charge in [-0.3, -0.25) is 0 Å². The Kier molecular flexibility index (Phi) is 3.42. The lowest BCUT2D eigenvalue weighted by Gasteiger charge is -2.10. The molecule has 0 amide bonds. The maximum absolute atomic E-state index is 5.76. The van der Waals surface area contributed by atoms with Crippen LogP contribution in [0.2, 0.25) is 0 Å². The summed E-state index contributed by atoms with van der Waals surface area (Å²) in [5, 5.41) is 2.35. The Bertz CT molecular complexity index is 479. The van der Waals surface area contributed by atoms with Crippen LogP contribution in [0.3, 0.4) is 0 Å². The Labute approximate surface area is 96.0 Å². The Hall–Kier alpha value is -1.54. The van der Waals surface area contributed by atoms with Crippen molar-refractivity contribution in [2.75, 3.05) is 6.61 Å². The summed E-state index contributed by atoms with van der Waals surface area (Å²) in [6, 6.07) is 12.4. The number of ether oxygens (including phenoxy) is 1. The van der Waals surface area contributed by atoms with Crippen LogP contribution in [-0.2, 0) is 6.54 Å². The number of hydrogen-bond acceptors (Lipinski definition) is 2. The summed E-state index contributed by atoms with van der Waals surface area (Å²) in [4.78, 5) is 0. The molecule has 2 nitrogen and oxygen atoms in total. The number of benzene rings is 2. The van der Waals surface area contributed by atoms with E-state index in [9.17, 15) is 0 Å². The predicted molar refractivity (Wildman–Crippen MR) is 67.6 cm³/mol. The molecule has 0 heterocycles. The van der Waals surface area contributed by atoms with E-state index in [1.807, 2.05) is 18.2 Å². The Morgan fingerprint density at radius 1 is 1.19 bits per heavy atom. The van der Waals surface area contributed by atoms with Gasteiger partial charge < -0.3 is 10.5 Å². The van der Waals surface area contributed by atoms with E-state index in [0.717, 1.165) is 29.7 Å². The third kappa shape index (κ3) is 2.17. The maximum Gasteiger partial charge on any atom is 0.127 e. The zero-order valence-corrected chi connectivity index (χ0v) is 9.57. The maximum atomic E-state index is 5.76. The Balaban J connectivity index is 2.50. The van der Waals surface area contributed by atoms with E-state index in [0.29, 0.717) is 6.54 Å². The van der Waals surface area contributed by atoms with Gasteiger partial charge in [0.05, 0.1) is 6.61 Å². The molecule has 2 aromatic carbocycles. The van der Waals surface area contributed by atoms with E-state index in [4.69, 9.17) is 10.5 Å². The fourth-order valence-corrected chi connectivity index (χ4v) is 1.78. The van der Waals surface area contributed by atoms with E-state index < -0.39 is 0 Å². The first-order valence-corrected chi connectivity index (χ1v) is 5.69. The van der Waals surface area contributed by atoms with Crippen molar-refractivity contribution in [1.29, 1.82) is 0 Å². The molecule has 0 unspecified atom stereocenters. The molecule has 0 saturated carbocycles. The molecule has 0 aliphatic rings. The molecule has 0 bridgehead atoms. The smallest absolute Gasteiger partial charge is 0.127 e. The lowest BCUT2D eigenvalue weighted by atomic mass is 10.1. The second kappa shape index (κ2) is 4.99. The molecule has 0 radical (unpaired) electrons. The average Bonchev–Trinajstić information content (AvgIpc) is 2.35. The zero-order valence-electron chi connectivity index (χ0n) is 9.57. The van der Waals surface area contributed by atoms with Gasteiger partial charge in [-0.2, -0.15) is 0 Å². The lowest BCUT2D eigenvalue weighted by molar-refractivity contribution is 0.321. The molecule has 0 fully saturated rings. The van der Waals surface area contributed by atoms with Gasteiger partial charge in [-0.15, -0.1) is 0 Å². The van der Waals surface area contributed by atoms with Gasteiger partial charge in [-0.05, 0) is 29.5 Å². The predicted octanol–water partition coefficient (Wildman–Crippen LogP) is 3.09. The van der Waals surface area contributed by atoms with Gasteiger partial charge in [-0.25, -0.2) is 0 Å². The largest absolute Gasteiger partial charge is 0.493 e. The van der Waals surface area contributed by atoms with Crippen molar-refractivity contribution in [1.82, 2.24) is 0 Å². The Morgan fingerprint density at radius 2 is 2.00 bits per heavy atom. The van der Waals surface area contributed by atoms with Gasteiger partial charge in [0.1, 0.15) is 5.75 Å². The summed E-state index contributed by atoms with van der Waals surface area (Å²) in [7, 11) is 0. The molecular formula is C14H17NO. The van der Waals surface area contributed by atoms with Crippen LogP contribution in [0.25, 0.3) is 10.8 Å². The first-order chi connectivity index (χ1) is 7.85. The summed E-state index contributed by atoms with van der Waals surface area (Å²) in [6.07, 6.45) is 1.02. The monoisotopic (exact) mass is 215 g/mol. The molecule has 2 N–H and O–H groups in total. The molecule has 0 aliphatic heterocycles. The molecule has 2 heteroatoms. The zero-order chi connectivity index (χ0) is 11.4. The third-order valence-electron chi connectivity index (χ3n) is 2.58. The van der Waals surface area contributed by atoms with Crippen molar-refractivity contribution >= 4 is 10.8 Å². The van der Waals surface area contributed by atoms with Crippen LogP contribution in [0.5, 0.6) is 5.75 Å². The summed E-state index contributed by atoms with van der Waals surface area (Å²) in [5.41, 5.74) is 6.80. The van der Waals surface area contributed by atoms with Crippen molar-refractivity contribution in [2.24, 2.45) is 5.73 Å². The summed E-state index contributed by atoms with van der Waals surface area (Å²) in [6.45, 7) is 3.40. The van der Waals surface area contributed by atoms with Crippen LogP contribution in [0.15, 0.2) is 36.4 Å². The first-order valence-electron chi connectivity index (χ1n) is 5.69. The molecule has 0 atom stereocenters. The highest BCUT2D eigenvalue weighted by Gasteiger charge is 2.03. The van der Waals surface area contributed by atoms with Crippen LogP contribution >= 0.6 is 0 Å². The van der Waals surface area contributed by atoms with Gasteiger partial charge >= 0.3 is 0 Å². The Morgan fingerprint density at radius 3 is 2.75 bits per heavy atom. The molecule has 2 aromatic rings. The number of rotatable bonds is 4. The summed E-state index contributed by atoms with van der Waals surface area (Å²) >= 11 is 0. The van der Waals surface area contributed by atoms with Crippen molar-refractivity contribution in [3.05, 3.63) is 42.0 Å². The van der Waals surface area contributed by atoms with Gasteiger partial charge in [-0.1, -0.05) is 31.2 Å². The van der Waals surface area contributed by atoms with Gasteiger partial charge in [0.15, 0.2) is 0 Å². The molecule has 0 aliphatic carbocycles. The highest BCUT2D eigenvalue weighted by atomic mass is 16.5. The highest BCUT2D eigenvalue weighted by molar-refractivity contribution is 5.89. The molecule has 16 heavy (non-hydrogen) atoms. The van der Waals surface area contributed by atoms with E-state index in [2.05, 4.69) is 25.1 Å². The number of nitrogens with two attached hydrogens (primary N) is 1. The van der Waals surface area contributed by atoms with Gasteiger partial charge in [0.25, 0.3) is 0 Å². The third-order valence-corrected chi connectivity index (χ3v) is 2.58. The minimum atomic E-state index is 0.549. The lowest BCUT2D eigenvalue weighted by Crippen LogP contribution is -2.00. The van der Waals surface area contributed by atoms with Crippen LogP contribution in [0.1, 0.15) is 18.9 Å². The summed E-state index contributed by atoms with van der Waals surface area (Å²) < 4.78 is 5.76. The number of fused-ring (bicyclic) bond motifs is 1. The van der Waals surface area contributed by atoms with Crippen molar-refractivity contribution in [3.8, 4) is 5.75 Å². The number of hydrogen-bond donors (Lipinski definition) is 1. The molecule has 84 valence electrons. The molecule has 0 aromatic heterocycles. The first kappa shape index (κ1) is 11.0. The van der Waals surface area contributed by atoms with E-state index >= 15 is 0 Å². The van der Waals surface area contributed by atoms with Crippen LogP contribution < -0.4 is 10.5 Å². The normalized spacial score (nSPS) is 10.6. The second-order valence-corrected chi connectivity index (χ2v) is 3.87. The van der Waals surface area contributed by atoms with E-state index in [-0.39, 0.29) is 0 Å². The van der Waals surface area contributed by atoms with Gasteiger partial charge in [0.2, 0.25) is 0 Å². The minimum Gasteiger partial charge on any atom is -0.493 e. The van der Waals surface area contributed by atoms with Crippen molar-refractivity contribution < 1.29 is 4.74 Å². The van der Waals surface area contributed by atoms with Crippen molar-refractivity contribution in [3.63, 3.8) is 0 Å². The second-order valence-electron chi connectivity index (χ2n) is 3.87. The van der Waals surface area contributed by atoms with Crippen LogP contribution in [0, 0.1) is 0 Å². The molecule has 0 spiro atoms.